The van der Waals surface area contributed by atoms with Gasteiger partial charge in [0.05, 0.1) is 22.3 Å². The highest BCUT2D eigenvalue weighted by Gasteiger charge is 2.45. The predicted octanol–water partition coefficient (Wildman–Crippen LogP) is 4.79. The number of carboxylic acids is 2. The zero-order valence-electron chi connectivity index (χ0n) is 12.4. The van der Waals surface area contributed by atoms with Crippen molar-refractivity contribution in [3.63, 3.8) is 0 Å². The topological polar surface area (TPSA) is 74.6 Å². The SMILES string of the molecule is O=C(O)c1cccc(-c2ccc(C(F)(F)F)c(C(=O)O)c2C(F)(F)F)c1. The van der Waals surface area contributed by atoms with Crippen molar-refractivity contribution in [1.29, 1.82) is 0 Å². The smallest absolute Gasteiger partial charge is 0.417 e. The van der Waals surface area contributed by atoms with Gasteiger partial charge in [-0.3, -0.25) is 0 Å². The summed E-state index contributed by atoms with van der Waals surface area (Å²) in [7, 11) is 0. The highest BCUT2D eigenvalue weighted by molar-refractivity contribution is 5.95. The lowest BCUT2D eigenvalue weighted by atomic mass is 9.90. The van der Waals surface area contributed by atoms with E-state index in [2.05, 4.69) is 0 Å². The number of rotatable bonds is 3. The van der Waals surface area contributed by atoms with Gasteiger partial charge in [0.2, 0.25) is 0 Å². The number of hydrogen-bond acceptors (Lipinski definition) is 2. The van der Waals surface area contributed by atoms with E-state index >= 15 is 0 Å². The zero-order chi connectivity index (χ0) is 19.9. The van der Waals surface area contributed by atoms with Crippen LogP contribution in [0.1, 0.15) is 31.8 Å². The largest absolute Gasteiger partial charge is 0.478 e. The quantitative estimate of drug-likeness (QED) is 0.754. The Morgan fingerprint density at radius 1 is 0.808 bits per heavy atom. The van der Waals surface area contributed by atoms with Gasteiger partial charge in [-0.2, -0.15) is 26.3 Å². The summed E-state index contributed by atoms with van der Waals surface area (Å²) in [4.78, 5) is 22.2. The van der Waals surface area contributed by atoms with Crippen LogP contribution < -0.4 is 0 Å². The Balaban J connectivity index is 2.92. The summed E-state index contributed by atoms with van der Waals surface area (Å²) in [5.41, 5.74) is -7.55. The number of aromatic carboxylic acids is 2. The van der Waals surface area contributed by atoms with Gasteiger partial charge in [0.1, 0.15) is 0 Å². The number of halogens is 6. The first-order valence-corrected chi connectivity index (χ1v) is 6.72. The zero-order valence-corrected chi connectivity index (χ0v) is 12.4. The molecule has 0 amide bonds. The van der Waals surface area contributed by atoms with Crippen LogP contribution in [0.3, 0.4) is 0 Å². The third-order valence-corrected chi connectivity index (χ3v) is 3.43. The van der Waals surface area contributed by atoms with Crippen LogP contribution in [0.4, 0.5) is 26.3 Å². The minimum Gasteiger partial charge on any atom is -0.478 e. The van der Waals surface area contributed by atoms with E-state index in [-0.39, 0.29) is 11.6 Å². The van der Waals surface area contributed by atoms with Gasteiger partial charge >= 0.3 is 24.3 Å². The molecule has 0 fully saturated rings. The third-order valence-electron chi connectivity index (χ3n) is 3.43. The first-order chi connectivity index (χ1) is 11.8. The molecule has 2 aromatic rings. The van der Waals surface area contributed by atoms with Crippen LogP contribution >= 0.6 is 0 Å². The van der Waals surface area contributed by atoms with Gasteiger partial charge in [0.15, 0.2) is 0 Å². The normalized spacial score (nSPS) is 12.1. The van der Waals surface area contributed by atoms with Gasteiger partial charge in [-0.05, 0) is 29.3 Å². The number of carboxylic acid groups (broad SMARTS) is 2. The van der Waals surface area contributed by atoms with E-state index in [9.17, 15) is 35.9 Å². The lowest BCUT2D eigenvalue weighted by Crippen LogP contribution is -2.21. The molecule has 4 nitrogen and oxygen atoms in total. The molecule has 0 radical (unpaired) electrons. The molecule has 138 valence electrons. The summed E-state index contributed by atoms with van der Waals surface area (Å²) in [6.45, 7) is 0. The first-order valence-electron chi connectivity index (χ1n) is 6.72. The van der Waals surface area contributed by atoms with Crippen molar-refractivity contribution in [2.24, 2.45) is 0 Å². The van der Waals surface area contributed by atoms with Crippen molar-refractivity contribution >= 4 is 11.9 Å². The lowest BCUT2D eigenvalue weighted by molar-refractivity contribution is -0.143. The Kier molecular flexibility index (Phi) is 4.71. The second-order valence-electron chi connectivity index (χ2n) is 5.10. The Hall–Kier alpha value is -3.04. The maximum atomic E-state index is 13.4. The molecule has 10 heteroatoms. The minimum absolute atomic E-state index is 0.224. The standard InChI is InChI=1S/C16H8F6O4/c17-15(18,19)10-5-4-9(7-2-1-3-8(6-7)13(23)24)12(16(20,21)22)11(10)14(25)26/h1-6H,(H,23,24)(H,25,26). The van der Waals surface area contributed by atoms with Crippen LogP contribution in [0.25, 0.3) is 11.1 Å². The highest BCUT2D eigenvalue weighted by atomic mass is 19.4. The van der Waals surface area contributed by atoms with E-state index in [1.54, 1.807) is 0 Å². The van der Waals surface area contributed by atoms with E-state index in [0.29, 0.717) is 6.07 Å². The van der Waals surface area contributed by atoms with Gasteiger partial charge < -0.3 is 10.2 Å². The van der Waals surface area contributed by atoms with Crippen molar-refractivity contribution in [2.75, 3.05) is 0 Å². The van der Waals surface area contributed by atoms with E-state index in [4.69, 9.17) is 10.2 Å². The molecule has 0 aromatic heterocycles. The van der Waals surface area contributed by atoms with Crippen LogP contribution in [-0.2, 0) is 12.4 Å². The van der Waals surface area contributed by atoms with Crippen molar-refractivity contribution in [3.05, 3.63) is 58.7 Å². The molecule has 0 aliphatic carbocycles. The Bertz CT molecular complexity index is 883. The molecule has 0 saturated carbocycles. The molecular formula is C16H8F6O4. The average Bonchev–Trinajstić information content (AvgIpc) is 2.51. The molecule has 0 atom stereocenters. The third kappa shape index (κ3) is 3.63. The molecule has 0 heterocycles. The van der Waals surface area contributed by atoms with Gasteiger partial charge in [0.25, 0.3) is 0 Å². The first kappa shape index (κ1) is 19.3. The summed E-state index contributed by atoms with van der Waals surface area (Å²) in [5, 5.41) is 17.9. The van der Waals surface area contributed by atoms with Gasteiger partial charge in [-0.15, -0.1) is 0 Å². The molecule has 0 spiro atoms. The van der Waals surface area contributed by atoms with Crippen LogP contribution in [-0.4, -0.2) is 22.2 Å². The van der Waals surface area contributed by atoms with Gasteiger partial charge in [0, 0.05) is 0 Å². The molecule has 26 heavy (non-hydrogen) atoms. The fraction of sp³-hybridized carbons (Fsp3) is 0.125. The van der Waals surface area contributed by atoms with Gasteiger partial charge in [-0.1, -0.05) is 18.2 Å². The van der Waals surface area contributed by atoms with E-state index < -0.39 is 52.1 Å². The number of hydrogen-bond donors (Lipinski definition) is 2. The van der Waals surface area contributed by atoms with E-state index in [1.807, 2.05) is 0 Å². The van der Waals surface area contributed by atoms with Crippen LogP contribution in [0.2, 0.25) is 0 Å². The summed E-state index contributed by atoms with van der Waals surface area (Å²) in [6, 6.07) is 4.71. The molecule has 0 saturated heterocycles. The Labute approximate surface area is 141 Å². The number of alkyl halides is 6. The molecule has 0 unspecified atom stereocenters. The predicted molar refractivity (Wildman–Crippen MR) is 75.8 cm³/mol. The van der Waals surface area contributed by atoms with Crippen molar-refractivity contribution < 1.29 is 46.1 Å². The van der Waals surface area contributed by atoms with E-state index in [0.717, 1.165) is 24.3 Å². The van der Waals surface area contributed by atoms with Crippen molar-refractivity contribution in [2.45, 2.75) is 12.4 Å². The molecule has 2 N–H and O–H groups in total. The van der Waals surface area contributed by atoms with Crippen LogP contribution in [0.5, 0.6) is 0 Å². The maximum Gasteiger partial charge on any atom is 0.417 e. The van der Waals surface area contributed by atoms with Crippen LogP contribution in [0, 0.1) is 0 Å². The highest BCUT2D eigenvalue weighted by Crippen LogP contribution is 2.44. The fourth-order valence-electron chi connectivity index (χ4n) is 2.42. The summed E-state index contributed by atoms with van der Waals surface area (Å²) < 4.78 is 79.2. The Morgan fingerprint density at radius 3 is 1.88 bits per heavy atom. The second-order valence-corrected chi connectivity index (χ2v) is 5.10. The average molecular weight is 378 g/mol. The summed E-state index contributed by atoms with van der Waals surface area (Å²) >= 11 is 0. The molecule has 0 aliphatic rings. The molecular weight excluding hydrogens is 370 g/mol. The van der Waals surface area contributed by atoms with Crippen LogP contribution in [0.15, 0.2) is 36.4 Å². The van der Waals surface area contributed by atoms with Crippen molar-refractivity contribution in [1.82, 2.24) is 0 Å². The fourth-order valence-corrected chi connectivity index (χ4v) is 2.42. The number of carbonyl (C=O) groups is 2. The molecule has 0 bridgehead atoms. The number of benzene rings is 2. The summed E-state index contributed by atoms with van der Waals surface area (Å²) in [6.07, 6.45) is -10.8. The Morgan fingerprint density at radius 2 is 1.42 bits per heavy atom. The second kappa shape index (κ2) is 6.36. The molecule has 2 rings (SSSR count). The molecule has 0 aliphatic heterocycles. The summed E-state index contributed by atoms with van der Waals surface area (Å²) in [5.74, 6) is -3.87. The maximum absolute atomic E-state index is 13.4. The van der Waals surface area contributed by atoms with Gasteiger partial charge in [-0.25, -0.2) is 9.59 Å². The minimum atomic E-state index is -5.43. The monoisotopic (exact) mass is 378 g/mol. The molecule has 2 aromatic carbocycles. The van der Waals surface area contributed by atoms with Crippen molar-refractivity contribution in [3.8, 4) is 11.1 Å². The van der Waals surface area contributed by atoms with E-state index in [1.165, 1.54) is 0 Å². The lowest BCUT2D eigenvalue weighted by Gasteiger charge is -2.20.